The Kier molecular flexibility index (Phi) is 5.99. The van der Waals surface area contributed by atoms with Gasteiger partial charge in [-0.1, -0.05) is 23.7 Å². The lowest BCUT2D eigenvalue weighted by molar-refractivity contribution is 0.102. The van der Waals surface area contributed by atoms with Crippen molar-refractivity contribution in [3.63, 3.8) is 0 Å². The molecule has 1 N–H and O–H groups in total. The van der Waals surface area contributed by atoms with Crippen molar-refractivity contribution in [1.29, 1.82) is 0 Å². The second-order valence-corrected chi connectivity index (χ2v) is 7.81. The Balaban J connectivity index is 2.42. The van der Waals surface area contributed by atoms with Crippen LogP contribution >= 0.6 is 11.6 Å². The number of sulfonamides is 1. The van der Waals surface area contributed by atoms with Gasteiger partial charge in [0.15, 0.2) is 0 Å². The van der Waals surface area contributed by atoms with Crippen molar-refractivity contribution >= 4 is 38.9 Å². The summed E-state index contributed by atoms with van der Waals surface area (Å²) < 4.78 is 35.1. The van der Waals surface area contributed by atoms with Crippen molar-refractivity contribution in [3.8, 4) is 11.5 Å². The van der Waals surface area contributed by atoms with Crippen LogP contribution in [0.4, 0.5) is 11.4 Å². The molecule has 0 aliphatic heterocycles. The minimum atomic E-state index is -3.52. The van der Waals surface area contributed by atoms with Gasteiger partial charge >= 0.3 is 0 Å². The summed E-state index contributed by atoms with van der Waals surface area (Å²) in [4.78, 5) is 12.7. The minimum Gasteiger partial charge on any atom is -0.495 e. The van der Waals surface area contributed by atoms with Gasteiger partial charge in [-0.2, -0.15) is 0 Å². The molecule has 2 aromatic rings. The van der Waals surface area contributed by atoms with Gasteiger partial charge in [-0.05, 0) is 18.2 Å². The number of carbonyl (C=O) groups is 1. The van der Waals surface area contributed by atoms with Crippen molar-refractivity contribution in [2.45, 2.75) is 0 Å². The van der Waals surface area contributed by atoms with Gasteiger partial charge in [-0.15, -0.1) is 0 Å². The van der Waals surface area contributed by atoms with E-state index in [4.69, 9.17) is 21.1 Å². The summed E-state index contributed by atoms with van der Waals surface area (Å²) >= 11 is 6.11. The smallest absolute Gasteiger partial charge is 0.257 e. The van der Waals surface area contributed by atoms with Crippen LogP contribution in [0.25, 0.3) is 0 Å². The third-order valence-electron chi connectivity index (χ3n) is 3.71. The van der Waals surface area contributed by atoms with E-state index in [0.717, 1.165) is 10.6 Å². The maximum Gasteiger partial charge on any atom is 0.257 e. The quantitative estimate of drug-likeness (QED) is 0.808. The summed E-state index contributed by atoms with van der Waals surface area (Å²) in [5, 5.41) is 2.99. The maximum absolute atomic E-state index is 12.7. The third kappa shape index (κ3) is 4.20. The standard InChI is InChI=1S/C17H19ClN2O5S/c1-20(26(4,22)23)14-8-6-5-7-11(14)17(21)19-13-9-12(18)15(24-2)10-16(13)25-3/h5-10H,1-4H3,(H,19,21). The van der Waals surface area contributed by atoms with Gasteiger partial charge < -0.3 is 14.8 Å². The van der Waals surface area contributed by atoms with Crippen LogP contribution in [0.15, 0.2) is 36.4 Å². The lowest BCUT2D eigenvalue weighted by Gasteiger charge is -2.20. The second-order valence-electron chi connectivity index (χ2n) is 5.39. The number of para-hydroxylation sites is 1. The molecule has 9 heteroatoms. The predicted octanol–water partition coefficient (Wildman–Crippen LogP) is 3.01. The highest BCUT2D eigenvalue weighted by Gasteiger charge is 2.21. The van der Waals surface area contributed by atoms with Crippen molar-refractivity contribution in [2.24, 2.45) is 0 Å². The second kappa shape index (κ2) is 7.84. The van der Waals surface area contributed by atoms with E-state index < -0.39 is 15.9 Å². The summed E-state index contributed by atoms with van der Waals surface area (Å²) in [7, 11) is 0.775. The van der Waals surface area contributed by atoms with E-state index in [9.17, 15) is 13.2 Å². The molecule has 2 aromatic carbocycles. The number of nitrogens with zero attached hydrogens (tertiary/aromatic N) is 1. The molecule has 2 rings (SSSR count). The summed E-state index contributed by atoms with van der Waals surface area (Å²) in [6, 6.07) is 9.43. The molecule has 140 valence electrons. The molecule has 0 aromatic heterocycles. The van der Waals surface area contributed by atoms with Gasteiger partial charge in [0, 0.05) is 13.1 Å². The summed E-state index contributed by atoms with van der Waals surface area (Å²) in [6.07, 6.45) is 1.06. The maximum atomic E-state index is 12.7. The number of nitrogens with one attached hydrogen (secondary N) is 1. The monoisotopic (exact) mass is 398 g/mol. The number of hydrogen-bond donors (Lipinski definition) is 1. The van der Waals surface area contributed by atoms with E-state index in [-0.39, 0.29) is 11.3 Å². The van der Waals surface area contributed by atoms with E-state index in [1.54, 1.807) is 24.3 Å². The van der Waals surface area contributed by atoms with E-state index in [1.807, 2.05) is 0 Å². The molecule has 1 amide bonds. The number of benzene rings is 2. The summed E-state index contributed by atoms with van der Waals surface area (Å²) in [5.41, 5.74) is 0.778. The zero-order valence-corrected chi connectivity index (χ0v) is 16.3. The fourth-order valence-electron chi connectivity index (χ4n) is 2.27. The number of anilines is 2. The lowest BCUT2D eigenvalue weighted by Crippen LogP contribution is -2.27. The Morgan fingerprint density at radius 1 is 1.12 bits per heavy atom. The zero-order chi connectivity index (χ0) is 19.5. The molecule has 0 atom stereocenters. The molecule has 0 heterocycles. The first-order chi connectivity index (χ1) is 12.2. The van der Waals surface area contributed by atoms with Gasteiger partial charge in [0.25, 0.3) is 5.91 Å². The fourth-order valence-corrected chi connectivity index (χ4v) is 3.02. The molecule has 0 aliphatic rings. The van der Waals surface area contributed by atoms with E-state index in [1.165, 1.54) is 33.4 Å². The highest BCUT2D eigenvalue weighted by atomic mass is 35.5. The number of ether oxygens (including phenoxy) is 2. The van der Waals surface area contributed by atoms with Gasteiger partial charge in [-0.3, -0.25) is 9.10 Å². The lowest BCUT2D eigenvalue weighted by atomic mass is 10.1. The number of amides is 1. The van der Waals surface area contributed by atoms with Crippen LogP contribution in [0.3, 0.4) is 0 Å². The molecule has 0 fully saturated rings. The zero-order valence-electron chi connectivity index (χ0n) is 14.7. The van der Waals surface area contributed by atoms with Crippen molar-refractivity contribution < 1.29 is 22.7 Å². The Morgan fingerprint density at radius 2 is 1.73 bits per heavy atom. The largest absolute Gasteiger partial charge is 0.495 e. The molecule has 0 saturated heterocycles. The number of hydrogen-bond acceptors (Lipinski definition) is 5. The predicted molar refractivity (Wildman–Crippen MR) is 102 cm³/mol. The van der Waals surface area contributed by atoms with Gasteiger partial charge in [0.2, 0.25) is 10.0 Å². The minimum absolute atomic E-state index is 0.189. The van der Waals surface area contributed by atoms with E-state index >= 15 is 0 Å². The molecule has 0 spiro atoms. The Morgan fingerprint density at radius 3 is 2.31 bits per heavy atom. The molecule has 0 radical (unpaired) electrons. The normalized spacial score (nSPS) is 11.0. The van der Waals surface area contributed by atoms with Crippen LogP contribution in [0.2, 0.25) is 5.02 Å². The van der Waals surface area contributed by atoms with Gasteiger partial charge in [-0.25, -0.2) is 8.42 Å². The Bertz CT molecular complexity index is 931. The highest BCUT2D eigenvalue weighted by Crippen LogP contribution is 2.36. The van der Waals surface area contributed by atoms with Crippen LogP contribution in [0, 0.1) is 0 Å². The molecule has 7 nitrogen and oxygen atoms in total. The Hall–Kier alpha value is -2.45. The molecular weight excluding hydrogens is 380 g/mol. The first-order valence-electron chi connectivity index (χ1n) is 7.44. The number of methoxy groups -OCH3 is 2. The summed E-state index contributed by atoms with van der Waals surface area (Å²) in [5.74, 6) is 0.253. The summed E-state index contributed by atoms with van der Waals surface area (Å²) in [6.45, 7) is 0. The van der Waals surface area contributed by atoms with Crippen LogP contribution in [-0.4, -0.2) is 41.8 Å². The average Bonchev–Trinajstić information content (AvgIpc) is 2.60. The highest BCUT2D eigenvalue weighted by molar-refractivity contribution is 7.92. The fraction of sp³-hybridized carbons (Fsp3) is 0.235. The van der Waals surface area contributed by atoms with Crippen molar-refractivity contribution in [1.82, 2.24) is 0 Å². The Labute approximate surface area is 157 Å². The third-order valence-corrected chi connectivity index (χ3v) is 5.19. The molecule has 0 bridgehead atoms. The van der Waals surface area contributed by atoms with Gasteiger partial charge in [0.05, 0.1) is 42.4 Å². The van der Waals surface area contributed by atoms with E-state index in [2.05, 4.69) is 5.32 Å². The molecule has 26 heavy (non-hydrogen) atoms. The molecule has 0 unspecified atom stereocenters. The van der Waals surface area contributed by atoms with Crippen molar-refractivity contribution in [3.05, 3.63) is 47.0 Å². The van der Waals surface area contributed by atoms with Crippen molar-refractivity contribution in [2.75, 3.05) is 37.1 Å². The first kappa shape index (κ1) is 19.9. The van der Waals surface area contributed by atoms with Crippen LogP contribution in [0.5, 0.6) is 11.5 Å². The number of carbonyl (C=O) groups excluding carboxylic acids is 1. The van der Waals surface area contributed by atoms with Crippen LogP contribution < -0.4 is 19.1 Å². The molecule has 0 saturated carbocycles. The van der Waals surface area contributed by atoms with Crippen LogP contribution in [-0.2, 0) is 10.0 Å². The van der Waals surface area contributed by atoms with Crippen LogP contribution in [0.1, 0.15) is 10.4 Å². The molecule has 0 aliphatic carbocycles. The topological polar surface area (TPSA) is 84.9 Å². The molecular formula is C17H19ClN2O5S. The average molecular weight is 399 g/mol. The number of rotatable bonds is 6. The van der Waals surface area contributed by atoms with Gasteiger partial charge in [0.1, 0.15) is 11.5 Å². The SMILES string of the molecule is COc1cc(OC)c(NC(=O)c2ccccc2N(C)S(C)(=O)=O)cc1Cl. The first-order valence-corrected chi connectivity index (χ1v) is 9.67. The number of halogens is 1. The van der Waals surface area contributed by atoms with E-state index in [0.29, 0.717) is 22.2 Å².